The lowest BCUT2D eigenvalue weighted by Crippen LogP contribution is -2.07. The summed E-state index contributed by atoms with van der Waals surface area (Å²) in [7, 11) is 1.62. The number of carbonyl (C=O) groups excluding carboxylic acids is 1. The van der Waals surface area contributed by atoms with Gasteiger partial charge in [-0.05, 0) is 0 Å². The Balaban J connectivity index is 2.54. The van der Waals surface area contributed by atoms with Crippen molar-refractivity contribution in [2.75, 3.05) is 14.2 Å². The van der Waals surface area contributed by atoms with E-state index in [1.807, 2.05) is 0 Å². The second-order valence-corrected chi connectivity index (χ2v) is 4.78. The molecule has 126 valence electrons. The minimum absolute atomic E-state index is 0.809. The summed E-state index contributed by atoms with van der Waals surface area (Å²) in [6.45, 7) is 0. The van der Waals surface area contributed by atoms with E-state index in [4.69, 9.17) is 0 Å². The smallest absolute Gasteiger partial charge is 0.204 e. The molecule has 3 nitrogen and oxygen atoms in total. The summed E-state index contributed by atoms with van der Waals surface area (Å²) in [6.07, 6.45) is 0. The monoisotopic (exact) mass is 348 g/mol. The first-order valence-electron chi connectivity index (χ1n) is 6.31. The van der Waals surface area contributed by atoms with Gasteiger partial charge in [-0.25, -0.2) is 17.6 Å². The molecule has 0 amide bonds. The number of halogens is 6. The Morgan fingerprint density at radius 1 is 0.542 bits per heavy atom. The van der Waals surface area contributed by atoms with Gasteiger partial charge < -0.3 is 9.47 Å². The van der Waals surface area contributed by atoms with Gasteiger partial charge in [-0.1, -0.05) is 0 Å². The third kappa shape index (κ3) is 1.72. The molecule has 0 fully saturated rings. The molecular formula is C15H6F6O3. The molecule has 9 heteroatoms. The van der Waals surface area contributed by atoms with E-state index in [0.29, 0.717) is 0 Å². The Kier molecular flexibility index (Phi) is 3.47. The van der Waals surface area contributed by atoms with Crippen LogP contribution < -0.4 is 9.47 Å². The van der Waals surface area contributed by atoms with Crippen LogP contribution in [0.1, 0.15) is 15.9 Å². The Labute approximate surface area is 130 Å². The SMILES string of the molecule is COc1c(F)c(F)c2c(c1F)C(=O)c1c(F)c(OC)c(F)c(F)c1-2. The predicted octanol–water partition coefficient (Wildman–Crippen LogP) is 3.75. The highest BCUT2D eigenvalue weighted by Crippen LogP contribution is 2.48. The summed E-state index contributed by atoms with van der Waals surface area (Å²) >= 11 is 0. The van der Waals surface area contributed by atoms with Gasteiger partial charge in [-0.3, -0.25) is 4.79 Å². The Morgan fingerprint density at radius 2 is 0.875 bits per heavy atom. The van der Waals surface area contributed by atoms with Gasteiger partial charge in [0.15, 0.2) is 34.8 Å². The van der Waals surface area contributed by atoms with Crippen molar-refractivity contribution < 1.29 is 40.6 Å². The molecule has 0 atom stereocenters. The van der Waals surface area contributed by atoms with Crippen LogP contribution in [-0.4, -0.2) is 20.0 Å². The molecule has 0 aromatic heterocycles. The average Bonchev–Trinajstić information content (AvgIpc) is 2.86. The molecule has 0 spiro atoms. The second-order valence-electron chi connectivity index (χ2n) is 4.78. The average molecular weight is 348 g/mol. The van der Waals surface area contributed by atoms with Gasteiger partial charge in [-0.15, -0.1) is 0 Å². The number of hydrogen-bond donors (Lipinski definition) is 0. The molecular weight excluding hydrogens is 342 g/mol. The molecule has 0 aliphatic heterocycles. The topological polar surface area (TPSA) is 35.5 Å². The van der Waals surface area contributed by atoms with Crippen molar-refractivity contribution in [1.29, 1.82) is 0 Å². The number of ether oxygens (including phenoxy) is 2. The summed E-state index contributed by atoms with van der Waals surface area (Å²) in [5, 5.41) is 0. The summed E-state index contributed by atoms with van der Waals surface area (Å²) in [6, 6.07) is 0. The zero-order valence-electron chi connectivity index (χ0n) is 12.0. The second kappa shape index (κ2) is 5.15. The van der Waals surface area contributed by atoms with Crippen molar-refractivity contribution >= 4 is 5.78 Å². The Morgan fingerprint density at radius 3 is 1.17 bits per heavy atom. The zero-order chi connectivity index (χ0) is 17.9. The normalized spacial score (nSPS) is 12.2. The fraction of sp³-hybridized carbons (Fsp3) is 0.133. The largest absolute Gasteiger partial charge is 0.491 e. The third-order valence-corrected chi connectivity index (χ3v) is 3.67. The number of ketones is 1. The maximum absolute atomic E-state index is 14.3. The number of fused-ring (bicyclic) bond motifs is 3. The van der Waals surface area contributed by atoms with Crippen molar-refractivity contribution in [2.45, 2.75) is 0 Å². The molecule has 24 heavy (non-hydrogen) atoms. The van der Waals surface area contributed by atoms with Crippen molar-refractivity contribution in [1.82, 2.24) is 0 Å². The predicted molar refractivity (Wildman–Crippen MR) is 68.2 cm³/mol. The van der Waals surface area contributed by atoms with Crippen molar-refractivity contribution in [3.8, 4) is 22.6 Å². The van der Waals surface area contributed by atoms with Crippen LogP contribution in [0.3, 0.4) is 0 Å². The molecule has 0 heterocycles. The number of rotatable bonds is 2. The molecule has 3 rings (SSSR count). The van der Waals surface area contributed by atoms with Crippen LogP contribution in [-0.2, 0) is 0 Å². The van der Waals surface area contributed by atoms with Crippen LogP contribution in [0.5, 0.6) is 11.5 Å². The van der Waals surface area contributed by atoms with E-state index in [9.17, 15) is 31.1 Å². The molecule has 1 aliphatic carbocycles. The fourth-order valence-electron chi connectivity index (χ4n) is 2.66. The van der Waals surface area contributed by atoms with E-state index >= 15 is 0 Å². The van der Waals surface area contributed by atoms with Crippen LogP contribution in [0.2, 0.25) is 0 Å². The molecule has 0 bridgehead atoms. The van der Waals surface area contributed by atoms with Crippen molar-refractivity contribution in [2.24, 2.45) is 0 Å². The first-order chi connectivity index (χ1) is 11.3. The van der Waals surface area contributed by atoms with Gasteiger partial charge in [0, 0.05) is 11.1 Å². The number of benzene rings is 2. The van der Waals surface area contributed by atoms with Gasteiger partial charge >= 0.3 is 0 Å². The minimum Gasteiger partial charge on any atom is -0.491 e. The standard InChI is InChI=1S/C15H6F6O3/c1-23-14-9(18)5-3(7(16)11(14)20)4-6(13(5)22)10(19)15(24-2)12(21)8(4)17/h1-2H3. The first-order valence-corrected chi connectivity index (χ1v) is 6.31. The van der Waals surface area contributed by atoms with E-state index in [2.05, 4.69) is 9.47 Å². The van der Waals surface area contributed by atoms with Crippen LogP contribution in [0, 0.1) is 34.9 Å². The molecule has 0 unspecified atom stereocenters. The van der Waals surface area contributed by atoms with E-state index in [0.717, 1.165) is 14.2 Å². The van der Waals surface area contributed by atoms with Crippen molar-refractivity contribution in [3.63, 3.8) is 0 Å². The molecule has 0 radical (unpaired) electrons. The van der Waals surface area contributed by atoms with E-state index in [1.54, 1.807) is 0 Å². The van der Waals surface area contributed by atoms with Crippen LogP contribution in [0.4, 0.5) is 26.3 Å². The maximum Gasteiger partial charge on any atom is 0.204 e. The first kappa shape index (κ1) is 16.2. The molecule has 0 saturated carbocycles. The summed E-state index contributed by atoms with van der Waals surface area (Å²) in [4.78, 5) is 12.2. The van der Waals surface area contributed by atoms with Gasteiger partial charge in [-0.2, -0.15) is 8.78 Å². The van der Waals surface area contributed by atoms with Gasteiger partial charge in [0.1, 0.15) is 0 Å². The van der Waals surface area contributed by atoms with E-state index < -0.39 is 74.4 Å². The zero-order valence-corrected chi connectivity index (χ0v) is 12.0. The molecule has 0 saturated heterocycles. The molecule has 2 aromatic rings. The third-order valence-electron chi connectivity index (χ3n) is 3.67. The lowest BCUT2D eigenvalue weighted by molar-refractivity contribution is 0.103. The highest BCUT2D eigenvalue weighted by atomic mass is 19.2. The Hall–Kier alpha value is -2.71. The minimum atomic E-state index is -1.86. The highest BCUT2D eigenvalue weighted by Gasteiger charge is 2.43. The van der Waals surface area contributed by atoms with Crippen molar-refractivity contribution in [3.05, 3.63) is 46.0 Å². The highest BCUT2D eigenvalue weighted by molar-refractivity contribution is 6.22. The van der Waals surface area contributed by atoms with E-state index in [1.165, 1.54) is 0 Å². The van der Waals surface area contributed by atoms with Gasteiger partial charge in [0.05, 0.1) is 25.3 Å². The van der Waals surface area contributed by atoms with Gasteiger partial charge in [0.2, 0.25) is 17.4 Å². The summed E-state index contributed by atoms with van der Waals surface area (Å²) in [5.41, 5.74) is -4.70. The quantitative estimate of drug-likeness (QED) is 0.523. The molecule has 0 N–H and O–H groups in total. The van der Waals surface area contributed by atoms with Gasteiger partial charge in [0.25, 0.3) is 0 Å². The fourth-order valence-corrected chi connectivity index (χ4v) is 2.66. The van der Waals surface area contributed by atoms with Crippen LogP contribution in [0.15, 0.2) is 0 Å². The summed E-state index contributed by atoms with van der Waals surface area (Å²) < 4.78 is 93.2. The number of hydrogen-bond acceptors (Lipinski definition) is 3. The Bertz CT molecular complexity index is 849. The number of methoxy groups -OCH3 is 2. The van der Waals surface area contributed by atoms with Crippen LogP contribution >= 0.6 is 0 Å². The van der Waals surface area contributed by atoms with E-state index in [-0.39, 0.29) is 0 Å². The lowest BCUT2D eigenvalue weighted by atomic mass is 10.0. The number of carbonyl (C=O) groups is 1. The lowest BCUT2D eigenvalue weighted by Gasteiger charge is -2.11. The summed E-state index contributed by atoms with van der Waals surface area (Å²) in [5.74, 6) is -14.7. The van der Waals surface area contributed by atoms with Crippen LogP contribution in [0.25, 0.3) is 11.1 Å². The maximum atomic E-state index is 14.3. The molecule has 1 aliphatic rings. The molecule has 2 aromatic carbocycles.